The van der Waals surface area contributed by atoms with Gasteiger partial charge in [0.2, 0.25) is 0 Å². The summed E-state index contributed by atoms with van der Waals surface area (Å²) >= 11 is 0. The first-order valence-corrected chi connectivity index (χ1v) is 6.05. The topological polar surface area (TPSA) is 56.7 Å². The Kier molecular flexibility index (Phi) is 2.81. The highest BCUT2D eigenvalue weighted by atomic mass is 15.1. The Labute approximate surface area is 102 Å². The number of pyridine rings is 1. The largest absolute Gasteiger partial charge is 0.397 e. The molecule has 0 bridgehead atoms. The zero-order valence-electron chi connectivity index (χ0n) is 11.0. The molecule has 17 heavy (non-hydrogen) atoms. The second kappa shape index (κ2) is 4.02. The van der Waals surface area contributed by atoms with Crippen molar-refractivity contribution in [3.8, 4) is 0 Å². The van der Waals surface area contributed by atoms with Crippen LogP contribution < -0.4 is 5.73 Å². The van der Waals surface area contributed by atoms with Gasteiger partial charge >= 0.3 is 0 Å². The summed E-state index contributed by atoms with van der Waals surface area (Å²) in [6.45, 7) is 9.62. The van der Waals surface area contributed by atoms with Crippen LogP contribution in [0.4, 0.5) is 5.69 Å². The van der Waals surface area contributed by atoms with Gasteiger partial charge in [0, 0.05) is 12.0 Å². The maximum absolute atomic E-state index is 5.75. The zero-order valence-corrected chi connectivity index (χ0v) is 11.0. The van der Waals surface area contributed by atoms with Gasteiger partial charge in [-0.1, -0.05) is 27.7 Å². The molecule has 0 aliphatic rings. The van der Waals surface area contributed by atoms with Gasteiger partial charge in [-0.3, -0.25) is 0 Å². The maximum atomic E-state index is 5.75. The van der Waals surface area contributed by atoms with Gasteiger partial charge < -0.3 is 10.3 Å². The van der Waals surface area contributed by atoms with E-state index >= 15 is 0 Å². The lowest BCUT2D eigenvalue weighted by Gasteiger charge is -2.19. The van der Waals surface area contributed by atoms with E-state index in [2.05, 4.69) is 42.2 Å². The van der Waals surface area contributed by atoms with Gasteiger partial charge in [-0.05, 0) is 12.5 Å². The zero-order chi connectivity index (χ0) is 12.6. The lowest BCUT2D eigenvalue weighted by Crippen LogP contribution is -2.19. The Morgan fingerprint density at radius 1 is 1.35 bits per heavy atom. The first kappa shape index (κ1) is 11.9. The normalized spacial score (nSPS) is 12.2. The molecule has 0 spiro atoms. The molecule has 0 aromatic carbocycles. The number of anilines is 1. The number of hydrogen-bond donors (Lipinski definition) is 1. The lowest BCUT2D eigenvalue weighted by atomic mass is 9.95. The van der Waals surface area contributed by atoms with Crippen LogP contribution in [-0.4, -0.2) is 14.5 Å². The standard InChI is InChI=1S/C13H20N4/c1-5-6-17-11-10(7-9(14)8-15-11)16-12(17)13(2,3)4/h7-8H,5-6,14H2,1-4H3. The Morgan fingerprint density at radius 3 is 2.65 bits per heavy atom. The van der Waals surface area contributed by atoms with Gasteiger partial charge in [-0.15, -0.1) is 0 Å². The fourth-order valence-corrected chi connectivity index (χ4v) is 2.03. The quantitative estimate of drug-likeness (QED) is 0.866. The Hall–Kier alpha value is -1.58. The van der Waals surface area contributed by atoms with Crippen LogP contribution in [0.25, 0.3) is 11.2 Å². The van der Waals surface area contributed by atoms with Crippen LogP contribution in [0.1, 0.15) is 39.9 Å². The van der Waals surface area contributed by atoms with Gasteiger partial charge in [0.05, 0.1) is 11.9 Å². The highest BCUT2D eigenvalue weighted by molar-refractivity contribution is 5.75. The van der Waals surface area contributed by atoms with Crippen molar-refractivity contribution in [2.75, 3.05) is 5.73 Å². The molecule has 0 saturated carbocycles. The SMILES string of the molecule is CCCn1c(C(C)(C)C)nc2cc(N)cnc21. The van der Waals surface area contributed by atoms with Crippen molar-refractivity contribution in [3.63, 3.8) is 0 Å². The monoisotopic (exact) mass is 232 g/mol. The van der Waals surface area contributed by atoms with Crippen LogP contribution in [0.15, 0.2) is 12.3 Å². The average Bonchev–Trinajstić information content (AvgIpc) is 2.56. The number of nitrogens with two attached hydrogens (primary N) is 1. The summed E-state index contributed by atoms with van der Waals surface area (Å²) in [5, 5.41) is 0. The molecular formula is C13H20N4. The second-order valence-electron chi connectivity index (χ2n) is 5.45. The summed E-state index contributed by atoms with van der Waals surface area (Å²) in [6.07, 6.45) is 2.77. The molecule has 2 aromatic rings. The number of aryl methyl sites for hydroxylation is 1. The minimum absolute atomic E-state index is 0.0185. The molecule has 0 aliphatic carbocycles. The highest BCUT2D eigenvalue weighted by Gasteiger charge is 2.23. The van der Waals surface area contributed by atoms with Gasteiger partial charge in [0.25, 0.3) is 0 Å². The third-order valence-electron chi connectivity index (χ3n) is 2.72. The summed E-state index contributed by atoms with van der Waals surface area (Å²) in [4.78, 5) is 9.09. The van der Waals surface area contributed by atoms with Crippen LogP contribution in [-0.2, 0) is 12.0 Å². The van der Waals surface area contributed by atoms with E-state index in [1.165, 1.54) is 0 Å². The molecule has 4 heteroatoms. The van der Waals surface area contributed by atoms with E-state index in [1.54, 1.807) is 6.20 Å². The second-order valence-corrected chi connectivity index (χ2v) is 5.45. The fourth-order valence-electron chi connectivity index (χ4n) is 2.03. The Balaban J connectivity index is 2.70. The number of aromatic nitrogens is 3. The molecule has 0 amide bonds. The van der Waals surface area contributed by atoms with E-state index in [4.69, 9.17) is 5.73 Å². The number of fused-ring (bicyclic) bond motifs is 1. The van der Waals surface area contributed by atoms with Crippen LogP contribution in [0, 0.1) is 0 Å². The molecule has 0 radical (unpaired) electrons. The highest BCUT2D eigenvalue weighted by Crippen LogP contribution is 2.26. The molecule has 4 nitrogen and oxygen atoms in total. The molecule has 2 rings (SSSR count). The van der Waals surface area contributed by atoms with E-state index in [0.29, 0.717) is 5.69 Å². The van der Waals surface area contributed by atoms with Gasteiger partial charge in [0.1, 0.15) is 11.3 Å². The maximum Gasteiger partial charge on any atom is 0.160 e. The van der Waals surface area contributed by atoms with Crippen molar-refractivity contribution < 1.29 is 0 Å². The predicted octanol–water partition coefficient (Wildman–Crippen LogP) is 2.72. The predicted molar refractivity (Wildman–Crippen MR) is 70.9 cm³/mol. The Bertz CT molecular complexity index is 534. The third-order valence-corrected chi connectivity index (χ3v) is 2.72. The summed E-state index contributed by atoms with van der Waals surface area (Å²) in [5.74, 6) is 1.08. The molecule has 0 aliphatic heterocycles. The summed E-state index contributed by atoms with van der Waals surface area (Å²) in [6, 6.07) is 1.89. The van der Waals surface area contributed by atoms with Crippen molar-refractivity contribution in [1.82, 2.24) is 14.5 Å². The van der Waals surface area contributed by atoms with Crippen LogP contribution in [0.2, 0.25) is 0 Å². The van der Waals surface area contributed by atoms with E-state index in [9.17, 15) is 0 Å². The number of imidazole rings is 1. The van der Waals surface area contributed by atoms with Crippen molar-refractivity contribution >= 4 is 16.9 Å². The smallest absolute Gasteiger partial charge is 0.160 e. The van der Waals surface area contributed by atoms with Crippen molar-refractivity contribution in [1.29, 1.82) is 0 Å². The molecule has 0 atom stereocenters. The van der Waals surface area contributed by atoms with E-state index in [1.807, 2.05) is 6.07 Å². The van der Waals surface area contributed by atoms with Crippen LogP contribution >= 0.6 is 0 Å². The molecule has 0 fully saturated rings. The van der Waals surface area contributed by atoms with E-state index in [-0.39, 0.29) is 5.41 Å². The summed E-state index contributed by atoms with van der Waals surface area (Å²) in [5.41, 5.74) is 8.27. The number of nitrogen functional groups attached to an aromatic ring is 1. The lowest BCUT2D eigenvalue weighted by molar-refractivity contribution is 0.500. The summed E-state index contributed by atoms with van der Waals surface area (Å²) < 4.78 is 2.20. The van der Waals surface area contributed by atoms with Gasteiger partial charge in [0.15, 0.2) is 5.65 Å². The minimum Gasteiger partial charge on any atom is -0.397 e. The molecule has 2 N–H and O–H groups in total. The molecular weight excluding hydrogens is 212 g/mol. The molecule has 0 unspecified atom stereocenters. The molecule has 2 aromatic heterocycles. The van der Waals surface area contributed by atoms with E-state index < -0.39 is 0 Å². The minimum atomic E-state index is 0.0185. The number of nitrogens with zero attached hydrogens (tertiary/aromatic N) is 3. The van der Waals surface area contributed by atoms with Crippen molar-refractivity contribution in [2.45, 2.75) is 46.1 Å². The molecule has 92 valence electrons. The number of hydrogen-bond acceptors (Lipinski definition) is 3. The number of rotatable bonds is 2. The molecule has 0 saturated heterocycles. The van der Waals surface area contributed by atoms with Crippen molar-refractivity contribution in [2.24, 2.45) is 0 Å². The fraction of sp³-hybridized carbons (Fsp3) is 0.538. The van der Waals surface area contributed by atoms with Gasteiger partial charge in [-0.25, -0.2) is 9.97 Å². The molecule has 2 heterocycles. The summed E-state index contributed by atoms with van der Waals surface area (Å²) in [7, 11) is 0. The van der Waals surface area contributed by atoms with Gasteiger partial charge in [-0.2, -0.15) is 0 Å². The average molecular weight is 232 g/mol. The first-order valence-electron chi connectivity index (χ1n) is 6.05. The first-order chi connectivity index (χ1) is 7.93. The third kappa shape index (κ3) is 2.12. The van der Waals surface area contributed by atoms with Crippen molar-refractivity contribution in [3.05, 3.63) is 18.1 Å². The Morgan fingerprint density at radius 2 is 2.06 bits per heavy atom. The van der Waals surface area contributed by atoms with E-state index in [0.717, 1.165) is 30.0 Å². The van der Waals surface area contributed by atoms with Crippen LogP contribution in [0.3, 0.4) is 0 Å². The van der Waals surface area contributed by atoms with Crippen LogP contribution in [0.5, 0.6) is 0 Å².